The highest BCUT2D eigenvalue weighted by molar-refractivity contribution is 6.08. The number of rotatable bonds is 3. The van der Waals surface area contributed by atoms with E-state index in [0.29, 0.717) is 36.3 Å². The Bertz CT molecular complexity index is 1220. The summed E-state index contributed by atoms with van der Waals surface area (Å²) in [5.74, 6) is 1.70. The van der Waals surface area contributed by atoms with Crippen molar-refractivity contribution in [2.75, 3.05) is 0 Å². The average molecular weight is 473 g/mol. The van der Waals surface area contributed by atoms with Crippen molar-refractivity contribution in [3.63, 3.8) is 0 Å². The molecule has 35 heavy (non-hydrogen) atoms. The lowest BCUT2D eigenvalue weighted by atomic mass is 9.52. The second-order valence-corrected chi connectivity index (χ2v) is 12.1. The fourth-order valence-electron chi connectivity index (χ4n) is 8.70. The number of phenols is 1. The number of carbonyl (C=O) groups excluding carboxylic acids is 2. The number of aryl methyl sites for hydroxylation is 1. The van der Waals surface area contributed by atoms with Crippen molar-refractivity contribution in [1.29, 1.82) is 0 Å². The summed E-state index contributed by atoms with van der Waals surface area (Å²) in [6.45, 7) is 5.34. The van der Waals surface area contributed by atoms with Crippen LogP contribution in [0.15, 0.2) is 53.1 Å². The molecule has 2 N–H and O–H groups in total. The molecule has 2 saturated carbocycles. The maximum absolute atomic E-state index is 12.5. The first-order chi connectivity index (χ1) is 16.6. The second-order valence-electron chi connectivity index (χ2n) is 12.1. The number of benzene rings is 1. The van der Waals surface area contributed by atoms with E-state index >= 15 is 0 Å². The van der Waals surface area contributed by atoms with Gasteiger partial charge in [-0.15, -0.1) is 0 Å². The molecule has 0 spiro atoms. The monoisotopic (exact) mass is 472 g/mol. The van der Waals surface area contributed by atoms with Gasteiger partial charge < -0.3 is 10.2 Å². The van der Waals surface area contributed by atoms with E-state index in [1.54, 1.807) is 0 Å². The molecule has 5 aliphatic carbocycles. The van der Waals surface area contributed by atoms with Gasteiger partial charge in [-0.25, -0.2) is 0 Å². The zero-order chi connectivity index (χ0) is 24.8. The van der Waals surface area contributed by atoms with Crippen LogP contribution >= 0.6 is 0 Å². The molecule has 184 valence electrons. The highest BCUT2D eigenvalue weighted by Crippen LogP contribution is 2.66. The molecule has 5 atom stereocenters. The lowest BCUT2D eigenvalue weighted by Gasteiger charge is -2.54. The predicted octanol–water partition coefficient (Wildman–Crippen LogP) is 5.73. The van der Waals surface area contributed by atoms with Crippen LogP contribution in [0.2, 0.25) is 0 Å². The minimum Gasteiger partial charge on any atom is -0.508 e. The third-order valence-electron chi connectivity index (χ3n) is 10.8. The van der Waals surface area contributed by atoms with Gasteiger partial charge in [0, 0.05) is 5.41 Å². The molecule has 0 bridgehead atoms. The molecule has 6 rings (SSSR count). The normalized spacial score (nSPS) is 36.7. The lowest BCUT2D eigenvalue weighted by molar-refractivity contribution is -0.134. The third-order valence-corrected chi connectivity index (χ3v) is 10.8. The molecule has 1 aromatic rings. The zero-order valence-corrected chi connectivity index (χ0v) is 21.1. The Morgan fingerprint density at radius 2 is 1.80 bits per heavy atom. The van der Waals surface area contributed by atoms with Crippen molar-refractivity contribution in [2.45, 2.75) is 83.7 Å². The first kappa shape index (κ1) is 23.0. The predicted molar refractivity (Wildman–Crippen MR) is 135 cm³/mol. The number of fused-ring (bicyclic) bond motifs is 6. The summed E-state index contributed by atoms with van der Waals surface area (Å²) in [5.41, 5.74) is 3.71. The number of hydrogen-bond donors (Lipinski definition) is 2. The lowest BCUT2D eigenvalue weighted by Crippen LogP contribution is -2.51. The maximum Gasteiger partial charge on any atom is 0.147 e. The highest BCUT2D eigenvalue weighted by atomic mass is 16.3. The summed E-state index contributed by atoms with van der Waals surface area (Å²) in [5, 5.41) is 22.3. The molecule has 0 unspecified atom stereocenters. The first-order valence-corrected chi connectivity index (χ1v) is 13.3. The second kappa shape index (κ2) is 7.52. The number of phenolic OH excluding ortho intramolecular Hbond substituents is 1. The summed E-state index contributed by atoms with van der Waals surface area (Å²) in [7, 11) is 0. The van der Waals surface area contributed by atoms with E-state index < -0.39 is 11.0 Å². The van der Waals surface area contributed by atoms with Crippen LogP contribution in [0, 0.1) is 22.7 Å². The Hall–Kier alpha value is -2.46. The standard InChI is InChI=1S/C31H36O4/c1-18(32)30(19(2)33)16-21-4-6-23(14-22(21)17-30)31(35)13-11-28-27-8-5-20-15-24(34)7-9-25(20)26(27)10-12-29(28,31)3/h6-7,9,14-16,26-28,34-35H,4-5,8,10-13,17H2,1-3H3/t26-,27-,28+,29+,31-/m1/s1. The summed E-state index contributed by atoms with van der Waals surface area (Å²) >= 11 is 0. The summed E-state index contributed by atoms with van der Waals surface area (Å²) in [4.78, 5) is 24.9. The fraction of sp³-hybridized carbons (Fsp3) is 0.548. The van der Waals surface area contributed by atoms with Gasteiger partial charge in [-0.2, -0.15) is 0 Å². The van der Waals surface area contributed by atoms with E-state index in [0.717, 1.165) is 55.2 Å². The van der Waals surface area contributed by atoms with Gasteiger partial charge in [0.2, 0.25) is 0 Å². The number of ketones is 2. The van der Waals surface area contributed by atoms with E-state index in [9.17, 15) is 19.8 Å². The molecule has 0 amide bonds. The number of carbonyl (C=O) groups is 2. The van der Waals surface area contributed by atoms with E-state index in [1.807, 2.05) is 18.2 Å². The molecule has 4 nitrogen and oxygen atoms in total. The van der Waals surface area contributed by atoms with Crippen LogP contribution in [-0.4, -0.2) is 27.4 Å². The van der Waals surface area contributed by atoms with Gasteiger partial charge in [0.15, 0.2) is 0 Å². The first-order valence-electron chi connectivity index (χ1n) is 13.3. The van der Waals surface area contributed by atoms with Crippen LogP contribution in [0.1, 0.15) is 82.8 Å². The Labute approximate surface area is 207 Å². The zero-order valence-electron chi connectivity index (χ0n) is 21.1. The summed E-state index contributed by atoms with van der Waals surface area (Å²) in [6.07, 6.45) is 13.2. The number of aromatic hydroxyl groups is 1. The number of hydrogen-bond acceptors (Lipinski definition) is 4. The summed E-state index contributed by atoms with van der Waals surface area (Å²) in [6, 6.07) is 5.90. The van der Waals surface area contributed by atoms with E-state index in [4.69, 9.17) is 0 Å². The van der Waals surface area contributed by atoms with Gasteiger partial charge in [0.05, 0.1) is 5.60 Å². The number of allylic oxidation sites excluding steroid dienone is 4. The van der Waals surface area contributed by atoms with Crippen molar-refractivity contribution < 1.29 is 19.8 Å². The van der Waals surface area contributed by atoms with Crippen molar-refractivity contribution in [1.82, 2.24) is 0 Å². The maximum atomic E-state index is 12.5. The van der Waals surface area contributed by atoms with Crippen molar-refractivity contribution in [3.05, 3.63) is 64.3 Å². The highest BCUT2D eigenvalue weighted by Gasteiger charge is 2.62. The van der Waals surface area contributed by atoms with E-state index in [-0.39, 0.29) is 17.0 Å². The van der Waals surface area contributed by atoms with E-state index in [1.165, 1.54) is 25.0 Å². The van der Waals surface area contributed by atoms with Crippen LogP contribution in [-0.2, 0) is 16.0 Å². The third kappa shape index (κ3) is 3.02. The Morgan fingerprint density at radius 3 is 2.54 bits per heavy atom. The molecule has 2 fully saturated rings. The SMILES string of the molecule is CC(=O)C1(C(C)=O)C=C2CC=C([C@]3(O)CC[C@H]4[C@@H]5CCc6cc(O)ccc6[C@H]5CC[C@@]43C)C=C2C1. The van der Waals surface area contributed by atoms with Gasteiger partial charge in [0.25, 0.3) is 0 Å². The average Bonchev–Trinajstić information content (AvgIpc) is 3.35. The summed E-state index contributed by atoms with van der Waals surface area (Å²) < 4.78 is 0. The van der Waals surface area contributed by atoms with Gasteiger partial charge in [-0.3, -0.25) is 9.59 Å². The largest absolute Gasteiger partial charge is 0.508 e. The Balaban J connectivity index is 1.31. The minimum absolute atomic E-state index is 0.0924. The van der Waals surface area contributed by atoms with Gasteiger partial charge in [-0.1, -0.05) is 31.2 Å². The van der Waals surface area contributed by atoms with Crippen LogP contribution in [0.3, 0.4) is 0 Å². The molecular formula is C31H36O4. The number of Topliss-reactive ketones (excluding diaryl/α,β-unsaturated/α-hetero) is 2. The smallest absolute Gasteiger partial charge is 0.147 e. The molecule has 4 heteroatoms. The van der Waals surface area contributed by atoms with Crippen molar-refractivity contribution in [2.24, 2.45) is 22.7 Å². The van der Waals surface area contributed by atoms with E-state index in [2.05, 4.69) is 25.1 Å². The molecule has 0 aliphatic heterocycles. The van der Waals surface area contributed by atoms with Crippen LogP contribution in [0.5, 0.6) is 5.75 Å². The molecular weight excluding hydrogens is 436 g/mol. The van der Waals surface area contributed by atoms with Gasteiger partial charge in [-0.05, 0) is 123 Å². The van der Waals surface area contributed by atoms with Gasteiger partial charge >= 0.3 is 0 Å². The molecule has 5 aliphatic rings. The number of aliphatic hydroxyl groups is 1. The Kier molecular flexibility index (Phi) is 4.94. The quantitative estimate of drug-likeness (QED) is 0.551. The topological polar surface area (TPSA) is 74.6 Å². The van der Waals surface area contributed by atoms with Crippen LogP contribution < -0.4 is 0 Å². The molecule has 0 saturated heterocycles. The van der Waals surface area contributed by atoms with Crippen molar-refractivity contribution in [3.8, 4) is 5.75 Å². The molecule has 0 heterocycles. The van der Waals surface area contributed by atoms with Gasteiger partial charge in [0.1, 0.15) is 22.7 Å². The minimum atomic E-state index is -1.03. The molecule has 1 aromatic carbocycles. The van der Waals surface area contributed by atoms with Crippen LogP contribution in [0.25, 0.3) is 0 Å². The van der Waals surface area contributed by atoms with Crippen molar-refractivity contribution >= 4 is 11.6 Å². The Morgan fingerprint density at radius 1 is 1.03 bits per heavy atom. The fourth-order valence-corrected chi connectivity index (χ4v) is 8.70. The molecule has 0 aromatic heterocycles. The molecule has 0 radical (unpaired) electrons. The van der Waals surface area contributed by atoms with Crippen LogP contribution in [0.4, 0.5) is 0 Å².